The zero-order valence-corrected chi connectivity index (χ0v) is 15.8. The van der Waals surface area contributed by atoms with Crippen LogP contribution in [0.3, 0.4) is 0 Å². The third-order valence-corrected chi connectivity index (χ3v) is 3.80. The zero-order valence-electron chi connectivity index (χ0n) is 15.8. The topological polar surface area (TPSA) is 83.1 Å². The summed E-state index contributed by atoms with van der Waals surface area (Å²) in [7, 11) is 4.57. The van der Waals surface area contributed by atoms with E-state index >= 15 is 0 Å². The van der Waals surface area contributed by atoms with Crippen LogP contribution in [-0.2, 0) is 20.7 Å². The SMILES string of the molecule is COc1ccc(C)cc1CC(=O)OCC(=O)Nc1ccc(OC)c(OC)c1. The van der Waals surface area contributed by atoms with Crippen LogP contribution in [0.25, 0.3) is 0 Å². The molecule has 1 N–H and O–H groups in total. The summed E-state index contributed by atoms with van der Waals surface area (Å²) in [4.78, 5) is 24.1. The van der Waals surface area contributed by atoms with E-state index in [4.69, 9.17) is 18.9 Å². The molecule has 1 amide bonds. The van der Waals surface area contributed by atoms with Gasteiger partial charge in [-0.3, -0.25) is 9.59 Å². The van der Waals surface area contributed by atoms with Crippen molar-refractivity contribution in [1.29, 1.82) is 0 Å². The summed E-state index contributed by atoms with van der Waals surface area (Å²) in [6, 6.07) is 10.5. The van der Waals surface area contributed by atoms with Crippen molar-refractivity contribution < 1.29 is 28.5 Å². The van der Waals surface area contributed by atoms with Gasteiger partial charge < -0.3 is 24.3 Å². The van der Waals surface area contributed by atoms with E-state index in [1.165, 1.54) is 21.3 Å². The molecule has 0 bridgehead atoms. The fourth-order valence-electron chi connectivity index (χ4n) is 2.51. The van der Waals surface area contributed by atoms with Gasteiger partial charge in [0.25, 0.3) is 5.91 Å². The van der Waals surface area contributed by atoms with Crippen LogP contribution in [0.5, 0.6) is 17.2 Å². The monoisotopic (exact) mass is 373 g/mol. The third-order valence-electron chi connectivity index (χ3n) is 3.80. The first kappa shape index (κ1) is 20.1. The highest BCUT2D eigenvalue weighted by Gasteiger charge is 2.13. The second-order valence-corrected chi connectivity index (χ2v) is 5.77. The highest BCUT2D eigenvalue weighted by Crippen LogP contribution is 2.29. The number of carbonyl (C=O) groups is 2. The molecule has 2 rings (SSSR count). The summed E-state index contributed by atoms with van der Waals surface area (Å²) in [6.07, 6.45) is 0.0223. The molecule has 7 nitrogen and oxygen atoms in total. The number of esters is 1. The Hall–Kier alpha value is -3.22. The molecule has 0 aliphatic carbocycles. The zero-order chi connectivity index (χ0) is 19.8. The van der Waals surface area contributed by atoms with Crippen LogP contribution in [-0.4, -0.2) is 39.8 Å². The quantitative estimate of drug-likeness (QED) is 0.717. The number of hydrogen-bond donors (Lipinski definition) is 1. The van der Waals surface area contributed by atoms with Gasteiger partial charge >= 0.3 is 5.97 Å². The predicted octanol–water partition coefficient (Wildman–Crippen LogP) is 2.75. The van der Waals surface area contributed by atoms with Crippen molar-refractivity contribution in [2.45, 2.75) is 13.3 Å². The maximum absolute atomic E-state index is 12.0. The summed E-state index contributed by atoms with van der Waals surface area (Å²) in [5.41, 5.74) is 2.22. The van der Waals surface area contributed by atoms with Gasteiger partial charge in [0.15, 0.2) is 18.1 Å². The number of aryl methyl sites for hydroxylation is 1. The Morgan fingerprint density at radius 2 is 1.56 bits per heavy atom. The molecule has 0 saturated heterocycles. The molecule has 0 fully saturated rings. The van der Waals surface area contributed by atoms with E-state index in [1.54, 1.807) is 24.3 Å². The van der Waals surface area contributed by atoms with E-state index in [-0.39, 0.29) is 13.0 Å². The third kappa shape index (κ3) is 5.64. The van der Waals surface area contributed by atoms with Gasteiger partial charge in [-0.1, -0.05) is 17.7 Å². The number of carbonyl (C=O) groups excluding carboxylic acids is 2. The summed E-state index contributed by atoms with van der Waals surface area (Å²) in [6.45, 7) is 1.53. The molecule has 0 aromatic heterocycles. The lowest BCUT2D eigenvalue weighted by Crippen LogP contribution is -2.21. The number of ether oxygens (including phenoxy) is 4. The largest absolute Gasteiger partial charge is 0.496 e. The lowest BCUT2D eigenvalue weighted by molar-refractivity contribution is -0.146. The van der Waals surface area contributed by atoms with Crippen LogP contribution in [0.2, 0.25) is 0 Å². The fourth-order valence-corrected chi connectivity index (χ4v) is 2.51. The lowest BCUT2D eigenvalue weighted by atomic mass is 10.1. The molecule has 0 radical (unpaired) electrons. The van der Waals surface area contributed by atoms with Gasteiger partial charge in [0.1, 0.15) is 5.75 Å². The van der Waals surface area contributed by atoms with Crippen LogP contribution in [0.4, 0.5) is 5.69 Å². The molecule has 2 aromatic rings. The lowest BCUT2D eigenvalue weighted by Gasteiger charge is -2.11. The average molecular weight is 373 g/mol. The van der Waals surface area contributed by atoms with Crippen molar-refractivity contribution in [2.24, 2.45) is 0 Å². The van der Waals surface area contributed by atoms with Gasteiger partial charge in [-0.15, -0.1) is 0 Å². The molecule has 0 aliphatic heterocycles. The molecule has 7 heteroatoms. The minimum atomic E-state index is -0.513. The van der Waals surface area contributed by atoms with Crippen LogP contribution in [0.1, 0.15) is 11.1 Å². The Morgan fingerprint density at radius 3 is 2.22 bits per heavy atom. The smallest absolute Gasteiger partial charge is 0.310 e. The van der Waals surface area contributed by atoms with Crippen LogP contribution in [0, 0.1) is 6.92 Å². The Kier molecular flexibility index (Phi) is 7.05. The van der Waals surface area contributed by atoms with Crippen LogP contribution >= 0.6 is 0 Å². The molecule has 0 spiro atoms. The van der Waals surface area contributed by atoms with Gasteiger partial charge in [0, 0.05) is 17.3 Å². The number of anilines is 1. The van der Waals surface area contributed by atoms with Crippen molar-refractivity contribution in [2.75, 3.05) is 33.3 Å². The molecule has 144 valence electrons. The molecular formula is C20H23NO6. The van der Waals surface area contributed by atoms with E-state index in [1.807, 2.05) is 19.1 Å². The van der Waals surface area contributed by atoms with Crippen LogP contribution < -0.4 is 19.5 Å². The summed E-state index contributed by atoms with van der Waals surface area (Å²) >= 11 is 0. The maximum atomic E-state index is 12.0. The van der Waals surface area contributed by atoms with E-state index in [0.29, 0.717) is 28.5 Å². The van der Waals surface area contributed by atoms with Crippen molar-refractivity contribution >= 4 is 17.6 Å². The standard InChI is InChI=1S/C20H23NO6/c1-13-5-7-16(24-2)14(9-13)10-20(23)27-12-19(22)21-15-6-8-17(25-3)18(11-15)26-4/h5-9,11H,10,12H2,1-4H3,(H,21,22). The maximum Gasteiger partial charge on any atom is 0.310 e. The van der Waals surface area contributed by atoms with Gasteiger partial charge in [-0.2, -0.15) is 0 Å². The number of nitrogens with one attached hydrogen (secondary N) is 1. The van der Waals surface area contributed by atoms with Crippen molar-refractivity contribution in [3.8, 4) is 17.2 Å². The molecule has 0 unspecified atom stereocenters. The van der Waals surface area contributed by atoms with Gasteiger partial charge in [0.05, 0.1) is 27.8 Å². The molecule has 0 saturated carbocycles. The highest BCUT2D eigenvalue weighted by molar-refractivity contribution is 5.93. The molecule has 0 atom stereocenters. The molecule has 27 heavy (non-hydrogen) atoms. The summed E-state index contributed by atoms with van der Waals surface area (Å²) < 4.78 is 20.6. The van der Waals surface area contributed by atoms with E-state index in [0.717, 1.165) is 5.56 Å². The summed E-state index contributed by atoms with van der Waals surface area (Å²) in [5, 5.41) is 2.64. The average Bonchev–Trinajstić information content (AvgIpc) is 2.66. The minimum Gasteiger partial charge on any atom is -0.496 e. The van der Waals surface area contributed by atoms with Gasteiger partial charge in [-0.05, 0) is 25.1 Å². The summed E-state index contributed by atoms with van der Waals surface area (Å²) in [5.74, 6) is 0.674. The van der Waals surface area contributed by atoms with E-state index in [2.05, 4.69) is 5.32 Å². The Labute approximate surface area is 158 Å². The Morgan fingerprint density at radius 1 is 0.889 bits per heavy atom. The second kappa shape index (κ2) is 9.47. The Balaban J connectivity index is 1.90. The predicted molar refractivity (Wildman–Crippen MR) is 101 cm³/mol. The first-order chi connectivity index (χ1) is 13.0. The van der Waals surface area contributed by atoms with E-state index < -0.39 is 11.9 Å². The fraction of sp³-hybridized carbons (Fsp3) is 0.300. The van der Waals surface area contributed by atoms with E-state index in [9.17, 15) is 9.59 Å². The highest BCUT2D eigenvalue weighted by atomic mass is 16.5. The van der Waals surface area contributed by atoms with Crippen molar-refractivity contribution in [1.82, 2.24) is 0 Å². The first-order valence-corrected chi connectivity index (χ1v) is 8.27. The second-order valence-electron chi connectivity index (χ2n) is 5.77. The van der Waals surface area contributed by atoms with Gasteiger partial charge in [0.2, 0.25) is 0 Å². The molecule has 0 aliphatic rings. The Bertz CT molecular complexity index is 818. The molecular weight excluding hydrogens is 350 g/mol. The normalized spacial score (nSPS) is 10.1. The molecule has 2 aromatic carbocycles. The first-order valence-electron chi connectivity index (χ1n) is 8.27. The van der Waals surface area contributed by atoms with Crippen LogP contribution in [0.15, 0.2) is 36.4 Å². The molecule has 0 heterocycles. The minimum absolute atomic E-state index is 0.0223. The van der Waals surface area contributed by atoms with Crippen molar-refractivity contribution in [3.63, 3.8) is 0 Å². The number of amides is 1. The van der Waals surface area contributed by atoms with Gasteiger partial charge in [-0.25, -0.2) is 0 Å². The van der Waals surface area contributed by atoms with Crippen molar-refractivity contribution in [3.05, 3.63) is 47.5 Å². The number of methoxy groups -OCH3 is 3. The number of rotatable bonds is 8. The number of hydrogen-bond acceptors (Lipinski definition) is 6. The number of benzene rings is 2.